The van der Waals surface area contributed by atoms with Crippen LogP contribution in [0.1, 0.15) is 18.4 Å². The van der Waals surface area contributed by atoms with Crippen LogP contribution in [0.25, 0.3) is 0 Å². The maximum absolute atomic E-state index is 6.05. The minimum absolute atomic E-state index is 0. The summed E-state index contributed by atoms with van der Waals surface area (Å²) >= 11 is 0. The van der Waals surface area contributed by atoms with Crippen LogP contribution in [0.5, 0.6) is 17.2 Å². The lowest BCUT2D eigenvalue weighted by Gasteiger charge is -2.13. The zero-order valence-electron chi connectivity index (χ0n) is 15.6. The molecule has 0 atom stereocenters. The van der Waals surface area contributed by atoms with E-state index in [4.69, 9.17) is 19.9 Å². The van der Waals surface area contributed by atoms with Crippen molar-refractivity contribution >= 4 is 35.6 Å². The Morgan fingerprint density at radius 3 is 2.59 bits per heavy atom. The number of aliphatic imine (C=N–C) groups is 1. The summed E-state index contributed by atoms with van der Waals surface area (Å²) in [6.07, 6.45) is 2.53. The number of ether oxygens (including phenoxy) is 3. The molecule has 27 heavy (non-hydrogen) atoms. The van der Waals surface area contributed by atoms with Gasteiger partial charge in [-0.3, -0.25) is 0 Å². The van der Waals surface area contributed by atoms with Gasteiger partial charge in [-0.1, -0.05) is 18.2 Å². The molecule has 2 aromatic rings. The molecule has 0 aliphatic heterocycles. The predicted octanol–water partition coefficient (Wildman–Crippen LogP) is 4.04. The van der Waals surface area contributed by atoms with E-state index in [0.717, 1.165) is 17.9 Å². The molecule has 0 bridgehead atoms. The van der Waals surface area contributed by atoms with E-state index < -0.39 is 0 Å². The molecule has 1 fully saturated rings. The smallest absolute Gasteiger partial charge is 0.193 e. The molecule has 6 nitrogen and oxygen atoms in total. The van der Waals surface area contributed by atoms with E-state index in [1.54, 1.807) is 14.2 Å². The Morgan fingerprint density at radius 2 is 1.89 bits per heavy atom. The normalized spacial score (nSPS) is 13.5. The summed E-state index contributed by atoms with van der Waals surface area (Å²) in [5.74, 6) is 3.25. The predicted molar refractivity (Wildman–Crippen MR) is 119 cm³/mol. The van der Waals surface area contributed by atoms with Crippen molar-refractivity contribution in [2.75, 3.05) is 26.1 Å². The molecule has 0 amide bonds. The maximum atomic E-state index is 6.05. The molecule has 0 radical (unpaired) electrons. The van der Waals surface area contributed by atoms with Crippen molar-refractivity contribution in [3.63, 3.8) is 0 Å². The number of benzene rings is 2. The fourth-order valence-electron chi connectivity index (χ4n) is 2.53. The van der Waals surface area contributed by atoms with Crippen LogP contribution in [0.15, 0.2) is 47.5 Å². The quantitative estimate of drug-likeness (QED) is 0.337. The number of nitrogens with one attached hydrogen (secondary N) is 1. The lowest BCUT2D eigenvalue weighted by atomic mass is 10.2. The van der Waals surface area contributed by atoms with Crippen molar-refractivity contribution in [3.8, 4) is 17.2 Å². The van der Waals surface area contributed by atoms with Gasteiger partial charge in [0.25, 0.3) is 0 Å². The summed E-state index contributed by atoms with van der Waals surface area (Å²) in [6.45, 7) is 1.21. The SMILES string of the molecule is COc1ccc(OC)c(NC(N)=NCc2ccccc2OCC2CC2)c1.I. The Kier molecular flexibility index (Phi) is 8.02. The molecular weight excluding hydrogens is 457 g/mol. The molecule has 0 heterocycles. The molecule has 0 unspecified atom stereocenters. The van der Waals surface area contributed by atoms with Crippen LogP contribution >= 0.6 is 24.0 Å². The first-order valence-electron chi connectivity index (χ1n) is 8.69. The fraction of sp³-hybridized carbons (Fsp3) is 0.350. The van der Waals surface area contributed by atoms with Crippen LogP contribution in [0, 0.1) is 5.92 Å². The van der Waals surface area contributed by atoms with Crippen molar-refractivity contribution in [1.82, 2.24) is 0 Å². The first-order valence-corrected chi connectivity index (χ1v) is 8.69. The van der Waals surface area contributed by atoms with Gasteiger partial charge < -0.3 is 25.3 Å². The molecule has 1 aliphatic carbocycles. The van der Waals surface area contributed by atoms with Crippen LogP contribution in [-0.2, 0) is 6.54 Å². The fourth-order valence-corrected chi connectivity index (χ4v) is 2.53. The molecule has 2 aromatic carbocycles. The van der Waals surface area contributed by atoms with Gasteiger partial charge in [-0.2, -0.15) is 0 Å². The summed E-state index contributed by atoms with van der Waals surface area (Å²) in [7, 11) is 3.22. The monoisotopic (exact) mass is 483 g/mol. The third-order valence-electron chi connectivity index (χ3n) is 4.23. The summed E-state index contributed by atoms with van der Waals surface area (Å²) < 4.78 is 16.5. The number of guanidine groups is 1. The number of nitrogens with zero attached hydrogens (tertiary/aromatic N) is 1. The zero-order chi connectivity index (χ0) is 18.4. The van der Waals surface area contributed by atoms with Crippen molar-refractivity contribution in [2.45, 2.75) is 19.4 Å². The minimum Gasteiger partial charge on any atom is -0.497 e. The lowest BCUT2D eigenvalue weighted by molar-refractivity contribution is 0.297. The van der Waals surface area contributed by atoms with Gasteiger partial charge in [0.05, 0.1) is 33.1 Å². The van der Waals surface area contributed by atoms with Gasteiger partial charge in [0.15, 0.2) is 5.96 Å². The Morgan fingerprint density at radius 1 is 1.11 bits per heavy atom. The van der Waals surface area contributed by atoms with E-state index in [-0.39, 0.29) is 24.0 Å². The van der Waals surface area contributed by atoms with Crippen molar-refractivity contribution in [1.29, 1.82) is 0 Å². The van der Waals surface area contributed by atoms with Gasteiger partial charge in [-0.25, -0.2) is 4.99 Å². The van der Waals surface area contributed by atoms with Crippen LogP contribution in [-0.4, -0.2) is 26.8 Å². The molecule has 3 N–H and O–H groups in total. The summed E-state index contributed by atoms with van der Waals surface area (Å²) in [6, 6.07) is 13.4. The van der Waals surface area contributed by atoms with E-state index in [2.05, 4.69) is 10.3 Å². The van der Waals surface area contributed by atoms with Crippen molar-refractivity contribution in [2.24, 2.45) is 16.6 Å². The van der Waals surface area contributed by atoms with E-state index in [9.17, 15) is 0 Å². The van der Waals surface area contributed by atoms with Crippen LogP contribution in [0.2, 0.25) is 0 Å². The highest BCUT2D eigenvalue weighted by Gasteiger charge is 2.22. The summed E-state index contributed by atoms with van der Waals surface area (Å²) in [4.78, 5) is 4.43. The molecule has 1 saturated carbocycles. The first kappa shape index (κ1) is 21.1. The average molecular weight is 483 g/mol. The first-order chi connectivity index (χ1) is 12.7. The van der Waals surface area contributed by atoms with E-state index >= 15 is 0 Å². The molecular formula is C20H26IN3O3. The summed E-state index contributed by atoms with van der Waals surface area (Å²) in [5, 5.41) is 3.07. The second-order valence-electron chi connectivity index (χ2n) is 6.25. The number of nitrogens with two attached hydrogens (primary N) is 1. The minimum atomic E-state index is 0. The number of methoxy groups -OCH3 is 2. The number of rotatable bonds is 8. The maximum Gasteiger partial charge on any atom is 0.193 e. The second kappa shape index (κ2) is 10.2. The second-order valence-corrected chi connectivity index (χ2v) is 6.25. The molecule has 7 heteroatoms. The van der Waals surface area contributed by atoms with Gasteiger partial charge in [-0.05, 0) is 37.0 Å². The highest BCUT2D eigenvalue weighted by atomic mass is 127. The van der Waals surface area contributed by atoms with Gasteiger partial charge in [-0.15, -0.1) is 24.0 Å². The van der Waals surface area contributed by atoms with Crippen molar-refractivity contribution < 1.29 is 14.2 Å². The van der Waals surface area contributed by atoms with Gasteiger partial charge in [0.1, 0.15) is 17.2 Å². The average Bonchev–Trinajstić information content (AvgIpc) is 3.49. The van der Waals surface area contributed by atoms with Crippen LogP contribution < -0.4 is 25.3 Å². The molecule has 146 valence electrons. The zero-order valence-corrected chi connectivity index (χ0v) is 17.9. The van der Waals surface area contributed by atoms with Gasteiger partial charge in [0, 0.05) is 11.6 Å². The number of hydrogen-bond acceptors (Lipinski definition) is 4. The third-order valence-corrected chi connectivity index (χ3v) is 4.23. The van der Waals surface area contributed by atoms with E-state index in [1.165, 1.54) is 12.8 Å². The largest absolute Gasteiger partial charge is 0.497 e. The Bertz CT molecular complexity index is 779. The molecule has 1 aliphatic rings. The lowest BCUT2D eigenvalue weighted by Crippen LogP contribution is -2.23. The number of para-hydroxylation sites is 1. The van der Waals surface area contributed by atoms with Crippen molar-refractivity contribution in [3.05, 3.63) is 48.0 Å². The standard InChI is InChI=1S/C20H25N3O3.HI/c1-24-16-9-10-19(25-2)17(11-16)23-20(21)22-12-15-5-3-4-6-18(15)26-13-14-7-8-14;/h3-6,9-11,14H,7-8,12-13H2,1-2H3,(H3,21,22,23);1H. The van der Waals surface area contributed by atoms with E-state index in [1.807, 2.05) is 42.5 Å². The number of anilines is 1. The van der Waals surface area contributed by atoms with Crippen LogP contribution in [0.4, 0.5) is 5.69 Å². The Labute approximate surface area is 177 Å². The third kappa shape index (κ3) is 6.20. The Hall–Kier alpha value is -2.16. The van der Waals surface area contributed by atoms with E-state index in [0.29, 0.717) is 35.6 Å². The summed E-state index contributed by atoms with van der Waals surface area (Å²) in [5.41, 5.74) is 7.76. The highest BCUT2D eigenvalue weighted by molar-refractivity contribution is 14.0. The Balaban J connectivity index is 0.00000261. The number of hydrogen-bond donors (Lipinski definition) is 2. The molecule has 0 aromatic heterocycles. The molecule has 3 rings (SSSR count). The van der Waals surface area contributed by atoms with Gasteiger partial charge in [0.2, 0.25) is 0 Å². The topological polar surface area (TPSA) is 78.1 Å². The van der Waals surface area contributed by atoms with Crippen LogP contribution in [0.3, 0.4) is 0 Å². The number of halogens is 1. The molecule has 0 saturated heterocycles. The highest BCUT2D eigenvalue weighted by Crippen LogP contribution is 2.31. The van der Waals surface area contributed by atoms with Gasteiger partial charge >= 0.3 is 0 Å². The molecule has 0 spiro atoms.